The first-order valence-corrected chi connectivity index (χ1v) is 14.1. The fourth-order valence-corrected chi connectivity index (χ4v) is 9.69. The third-order valence-electron chi connectivity index (χ3n) is 10.9. The molecule has 3 heteroatoms. The molecular formula is C34H32FN2+. The van der Waals surface area contributed by atoms with Crippen molar-refractivity contribution in [2.75, 3.05) is 0 Å². The van der Waals surface area contributed by atoms with Gasteiger partial charge >= 0.3 is 0 Å². The number of nitrogens with zero attached hydrogens (tertiary/aromatic N) is 2. The smallest absolute Gasteiger partial charge is 0.224 e. The summed E-state index contributed by atoms with van der Waals surface area (Å²) >= 11 is 0. The molecule has 3 aromatic heterocycles. The average molecular weight is 488 g/mol. The van der Waals surface area contributed by atoms with Crippen LogP contribution in [-0.4, -0.2) is 4.40 Å². The molecule has 3 heterocycles. The summed E-state index contributed by atoms with van der Waals surface area (Å²) in [5, 5.41) is 5.62. The molecule has 4 fully saturated rings. The van der Waals surface area contributed by atoms with Crippen molar-refractivity contribution in [1.82, 2.24) is 4.40 Å². The van der Waals surface area contributed by atoms with Gasteiger partial charge in [-0.1, -0.05) is 18.2 Å². The van der Waals surface area contributed by atoms with Crippen molar-refractivity contribution in [2.45, 2.75) is 57.8 Å². The van der Waals surface area contributed by atoms with Crippen LogP contribution in [0.3, 0.4) is 0 Å². The predicted octanol–water partition coefficient (Wildman–Crippen LogP) is 8.04. The van der Waals surface area contributed by atoms with Gasteiger partial charge in [0, 0.05) is 16.8 Å². The lowest BCUT2D eigenvalue weighted by Gasteiger charge is -2.57. The minimum absolute atomic E-state index is 0.0679. The number of hydrogen-bond acceptors (Lipinski definition) is 0. The van der Waals surface area contributed by atoms with E-state index in [1.54, 1.807) is 0 Å². The molecule has 4 bridgehead atoms. The number of aryl methyl sites for hydroxylation is 2. The van der Waals surface area contributed by atoms with Crippen LogP contribution in [0.15, 0.2) is 48.7 Å². The van der Waals surface area contributed by atoms with Crippen LogP contribution in [0.5, 0.6) is 0 Å². The first kappa shape index (κ1) is 20.8. The number of fused-ring (bicyclic) bond motifs is 5. The first-order chi connectivity index (χ1) is 17.9. The highest BCUT2D eigenvalue weighted by Crippen LogP contribution is 2.61. The minimum atomic E-state index is -0.0679. The molecule has 0 N–H and O–H groups in total. The van der Waals surface area contributed by atoms with E-state index in [1.807, 2.05) is 13.0 Å². The molecule has 0 aliphatic heterocycles. The van der Waals surface area contributed by atoms with E-state index in [9.17, 15) is 0 Å². The summed E-state index contributed by atoms with van der Waals surface area (Å²) in [7, 11) is 2.15. The Kier molecular flexibility index (Phi) is 3.72. The molecule has 6 aromatic rings. The molecule has 0 amide bonds. The molecule has 10 rings (SSSR count). The van der Waals surface area contributed by atoms with E-state index in [2.05, 4.69) is 65.5 Å². The van der Waals surface area contributed by atoms with E-state index in [-0.39, 0.29) is 5.82 Å². The number of rotatable bonds is 1. The summed E-state index contributed by atoms with van der Waals surface area (Å²) in [4.78, 5) is 0. The second-order valence-electron chi connectivity index (χ2n) is 12.9. The molecule has 0 radical (unpaired) electrons. The lowest BCUT2D eigenvalue weighted by Crippen LogP contribution is -2.48. The molecule has 37 heavy (non-hydrogen) atoms. The second-order valence-corrected chi connectivity index (χ2v) is 12.9. The topological polar surface area (TPSA) is 8.29 Å². The summed E-state index contributed by atoms with van der Waals surface area (Å²) < 4.78 is 20.7. The molecule has 184 valence electrons. The Hall–Kier alpha value is -3.20. The molecular weight excluding hydrogens is 455 g/mol. The Morgan fingerprint density at radius 3 is 2.27 bits per heavy atom. The van der Waals surface area contributed by atoms with Crippen LogP contribution in [0.1, 0.15) is 55.2 Å². The van der Waals surface area contributed by atoms with E-state index >= 15 is 4.39 Å². The Labute approximate surface area is 216 Å². The molecule has 4 aliphatic carbocycles. The van der Waals surface area contributed by atoms with Crippen molar-refractivity contribution < 1.29 is 8.96 Å². The Morgan fingerprint density at radius 1 is 0.838 bits per heavy atom. The minimum Gasteiger partial charge on any atom is -0.307 e. The lowest BCUT2D eigenvalue weighted by molar-refractivity contribution is -0.643. The van der Waals surface area contributed by atoms with Gasteiger partial charge in [-0.3, -0.25) is 0 Å². The highest BCUT2D eigenvalue weighted by atomic mass is 19.1. The number of halogens is 1. The summed E-state index contributed by atoms with van der Waals surface area (Å²) in [6, 6.07) is 15.8. The number of hydrogen-bond donors (Lipinski definition) is 0. The van der Waals surface area contributed by atoms with Gasteiger partial charge in [0.1, 0.15) is 12.9 Å². The average Bonchev–Trinajstić information content (AvgIpc) is 3.23. The number of pyridine rings is 2. The first-order valence-electron chi connectivity index (χ1n) is 14.1. The monoisotopic (exact) mass is 487 g/mol. The normalized spacial score (nSPS) is 27.2. The maximum Gasteiger partial charge on any atom is 0.224 e. The van der Waals surface area contributed by atoms with Crippen LogP contribution in [-0.2, 0) is 12.5 Å². The molecule has 0 atom stereocenters. The Bertz CT molecular complexity index is 1920. The van der Waals surface area contributed by atoms with Gasteiger partial charge < -0.3 is 4.40 Å². The van der Waals surface area contributed by atoms with Crippen molar-refractivity contribution in [3.05, 3.63) is 71.2 Å². The highest BCUT2D eigenvalue weighted by Gasteiger charge is 2.51. The van der Waals surface area contributed by atoms with Gasteiger partial charge in [-0.2, -0.15) is 0 Å². The Balaban J connectivity index is 1.52. The second kappa shape index (κ2) is 6.62. The summed E-state index contributed by atoms with van der Waals surface area (Å²) in [6.07, 6.45) is 10.6. The van der Waals surface area contributed by atoms with Gasteiger partial charge in [0.15, 0.2) is 6.20 Å². The van der Waals surface area contributed by atoms with Crippen LogP contribution in [0.25, 0.3) is 49.0 Å². The predicted molar refractivity (Wildman–Crippen MR) is 149 cm³/mol. The zero-order chi connectivity index (χ0) is 24.8. The fourth-order valence-electron chi connectivity index (χ4n) is 9.69. The van der Waals surface area contributed by atoms with Gasteiger partial charge in [-0.25, -0.2) is 8.96 Å². The maximum absolute atomic E-state index is 16.1. The molecule has 0 saturated heterocycles. The molecule has 4 aliphatic rings. The van der Waals surface area contributed by atoms with Crippen molar-refractivity contribution in [3.8, 4) is 0 Å². The number of aromatic nitrogens is 2. The van der Waals surface area contributed by atoms with E-state index in [0.29, 0.717) is 5.41 Å². The van der Waals surface area contributed by atoms with Gasteiger partial charge in [0.25, 0.3) is 0 Å². The lowest BCUT2D eigenvalue weighted by atomic mass is 9.48. The van der Waals surface area contributed by atoms with Gasteiger partial charge in [-0.05, 0) is 116 Å². The zero-order valence-corrected chi connectivity index (χ0v) is 21.9. The molecule has 0 unspecified atom stereocenters. The van der Waals surface area contributed by atoms with Crippen LogP contribution >= 0.6 is 0 Å². The van der Waals surface area contributed by atoms with E-state index in [1.165, 1.54) is 71.3 Å². The fraction of sp³-hybridized carbons (Fsp3) is 0.382. The standard InChI is InChI=1S/C34H32FN2/c1-18-19(2)31(35)30-25-6-4-5-7-26(25)37-27-14-24(34-15-20-10-21(16-34)12-22(11-20)17-34)13-23-8-9-36(3)32(29(23)27)28(18)33(30)37/h4-9,13-14,20-22H,10-12,15-17H2,1-3H3/q+1. The quantitative estimate of drug-likeness (QED) is 0.126. The van der Waals surface area contributed by atoms with E-state index < -0.39 is 0 Å². The molecule has 4 saturated carbocycles. The van der Waals surface area contributed by atoms with Crippen LogP contribution in [0, 0.1) is 37.4 Å². The summed E-state index contributed by atoms with van der Waals surface area (Å²) in [6.45, 7) is 4.04. The van der Waals surface area contributed by atoms with Crippen LogP contribution in [0.2, 0.25) is 0 Å². The highest BCUT2D eigenvalue weighted by molar-refractivity contribution is 6.26. The summed E-state index contributed by atoms with van der Waals surface area (Å²) in [5.41, 5.74) is 8.29. The van der Waals surface area contributed by atoms with E-state index in [0.717, 1.165) is 50.7 Å². The molecule has 2 nitrogen and oxygen atoms in total. The van der Waals surface area contributed by atoms with Crippen molar-refractivity contribution >= 4 is 49.0 Å². The maximum atomic E-state index is 16.1. The van der Waals surface area contributed by atoms with Crippen molar-refractivity contribution in [2.24, 2.45) is 24.8 Å². The van der Waals surface area contributed by atoms with Gasteiger partial charge in [-0.15, -0.1) is 0 Å². The van der Waals surface area contributed by atoms with Crippen LogP contribution < -0.4 is 4.57 Å². The third-order valence-corrected chi connectivity index (χ3v) is 10.9. The molecule has 3 aromatic carbocycles. The van der Waals surface area contributed by atoms with Crippen LogP contribution in [0.4, 0.5) is 4.39 Å². The number of benzene rings is 3. The number of para-hydroxylation sites is 1. The summed E-state index contributed by atoms with van der Waals surface area (Å²) in [5.74, 6) is 2.65. The largest absolute Gasteiger partial charge is 0.307 e. The third kappa shape index (κ3) is 2.40. The van der Waals surface area contributed by atoms with E-state index in [4.69, 9.17) is 0 Å². The van der Waals surface area contributed by atoms with Crippen molar-refractivity contribution in [1.29, 1.82) is 0 Å². The van der Waals surface area contributed by atoms with Gasteiger partial charge in [0.05, 0.1) is 27.3 Å². The zero-order valence-electron chi connectivity index (χ0n) is 21.9. The SMILES string of the molecule is Cc1c(F)c2c3ccccc3n3c4cc(C56CC7CC(CC(C7)C5)C6)cc5cc[n+](C)c(c(c1C)c23)c54. The van der Waals surface area contributed by atoms with Crippen molar-refractivity contribution in [3.63, 3.8) is 0 Å². The van der Waals surface area contributed by atoms with Gasteiger partial charge in [0.2, 0.25) is 5.52 Å². The molecule has 0 spiro atoms. The Morgan fingerprint density at radius 2 is 1.54 bits per heavy atom.